The highest BCUT2D eigenvalue weighted by molar-refractivity contribution is 5.93. The third-order valence-corrected chi connectivity index (χ3v) is 6.20. The standard InChI is InChI=1S/C23H29N3O2/c27-21(19-9-10-19)25-20-11-8-17(16-24-20)12-15-23(13-4-1-5-14-23)26-22(28)18-6-2-3-7-18/h8,11,16,18-19H,1-7,9-10,13-14H2,(H,26,28)(H,24,25,27). The summed E-state index contributed by atoms with van der Waals surface area (Å²) in [5, 5.41) is 6.16. The van der Waals surface area contributed by atoms with Gasteiger partial charge in [0, 0.05) is 23.6 Å². The van der Waals surface area contributed by atoms with Crippen LogP contribution >= 0.6 is 0 Å². The van der Waals surface area contributed by atoms with E-state index >= 15 is 0 Å². The number of aromatic nitrogens is 1. The first-order valence-corrected chi connectivity index (χ1v) is 10.8. The molecular formula is C23H29N3O2. The molecule has 0 aliphatic heterocycles. The van der Waals surface area contributed by atoms with E-state index in [0.29, 0.717) is 5.82 Å². The Morgan fingerprint density at radius 1 is 0.929 bits per heavy atom. The lowest BCUT2D eigenvalue weighted by atomic mass is 9.81. The van der Waals surface area contributed by atoms with Gasteiger partial charge in [0.1, 0.15) is 11.4 Å². The Labute approximate surface area is 167 Å². The van der Waals surface area contributed by atoms with E-state index in [4.69, 9.17) is 0 Å². The van der Waals surface area contributed by atoms with Crippen LogP contribution in [0.4, 0.5) is 5.82 Å². The molecular weight excluding hydrogens is 350 g/mol. The zero-order valence-electron chi connectivity index (χ0n) is 16.4. The number of carbonyl (C=O) groups is 2. The van der Waals surface area contributed by atoms with E-state index in [-0.39, 0.29) is 23.7 Å². The molecule has 2 N–H and O–H groups in total. The number of amides is 2. The molecule has 5 nitrogen and oxygen atoms in total. The number of hydrogen-bond acceptors (Lipinski definition) is 3. The SMILES string of the molecule is O=C(Nc1ccc(C#CC2(NC(=O)C3CCCC3)CCCCC2)cn1)C1CC1. The predicted octanol–water partition coefficient (Wildman–Crippen LogP) is 3.79. The summed E-state index contributed by atoms with van der Waals surface area (Å²) < 4.78 is 0. The van der Waals surface area contributed by atoms with Gasteiger partial charge in [0.15, 0.2) is 0 Å². The Bertz CT molecular complexity index is 774. The lowest BCUT2D eigenvalue weighted by Gasteiger charge is -2.34. The summed E-state index contributed by atoms with van der Waals surface area (Å²) in [4.78, 5) is 28.8. The molecule has 0 spiro atoms. The highest BCUT2D eigenvalue weighted by atomic mass is 16.2. The van der Waals surface area contributed by atoms with E-state index in [1.54, 1.807) is 12.3 Å². The van der Waals surface area contributed by atoms with Crippen molar-refractivity contribution in [3.05, 3.63) is 23.9 Å². The molecule has 0 bridgehead atoms. The number of anilines is 1. The number of nitrogens with zero attached hydrogens (tertiary/aromatic N) is 1. The molecule has 5 heteroatoms. The Hall–Kier alpha value is -2.35. The summed E-state index contributed by atoms with van der Waals surface area (Å²) in [6, 6.07) is 3.69. The van der Waals surface area contributed by atoms with Crippen LogP contribution in [0.5, 0.6) is 0 Å². The smallest absolute Gasteiger partial charge is 0.228 e. The van der Waals surface area contributed by atoms with Gasteiger partial charge in [-0.1, -0.05) is 43.9 Å². The van der Waals surface area contributed by atoms with Crippen LogP contribution < -0.4 is 10.6 Å². The van der Waals surface area contributed by atoms with Crippen molar-refractivity contribution >= 4 is 17.6 Å². The van der Waals surface area contributed by atoms with E-state index in [1.807, 2.05) is 6.07 Å². The average Bonchev–Trinajstić information content (AvgIpc) is 3.42. The van der Waals surface area contributed by atoms with E-state index in [9.17, 15) is 9.59 Å². The van der Waals surface area contributed by atoms with Crippen molar-refractivity contribution < 1.29 is 9.59 Å². The quantitative estimate of drug-likeness (QED) is 0.782. The van der Waals surface area contributed by atoms with Gasteiger partial charge in [-0.3, -0.25) is 9.59 Å². The third-order valence-electron chi connectivity index (χ3n) is 6.20. The Morgan fingerprint density at radius 2 is 1.64 bits per heavy atom. The minimum Gasteiger partial charge on any atom is -0.340 e. The van der Waals surface area contributed by atoms with Crippen LogP contribution in [0, 0.1) is 23.7 Å². The van der Waals surface area contributed by atoms with Crippen molar-refractivity contribution in [3.63, 3.8) is 0 Å². The molecule has 1 heterocycles. The molecule has 2 amide bonds. The lowest BCUT2D eigenvalue weighted by Crippen LogP contribution is -2.50. The van der Waals surface area contributed by atoms with Crippen LogP contribution in [0.25, 0.3) is 0 Å². The third kappa shape index (κ3) is 4.73. The van der Waals surface area contributed by atoms with Gasteiger partial charge in [0.25, 0.3) is 0 Å². The molecule has 3 aliphatic rings. The molecule has 1 aromatic heterocycles. The monoisotopic (exact) mass is 379 g/mol. The zero-order valence-corrected chi connectivity index (χ0v) is 16.4. The first-order valence-electron chi connectivity index (χ1n) is 10.8. The first-order chi connectivity index (χ1) is 13.6. The van der Waals surface area contributed by atoms with Gasteiger partial charge in [0.2, 0.25) is 11.8 Å². The fourth-order valence-electron chi connectivity index (χ4n) is 4.27. The van der Waals surface area contributed by atoms with Crippen molar-refractivity contribution in [2.24, 2.45) is 11.8 Å². The van der Waals surface area contributed by atoms with Crippen molar-refractivity contribution in [2.75, 3.05) is 5.32 Å². The average molecular weight is 380 g/mol. The summed E-state index contributed by atoms with van der Waals surface area (Å²) in [5.74, 6) is 7.75. The van der Waals surface area contributed by atoms with Crippen LogP contribution in [-0.4, -0.2) is 22.3 Å². The summed E-state index contributed by atoms with van der Waals surface area (Å²) in [7, 11) is 0. The molecule has 0 saturated heterocycles. The number of pyridine rings is 1. The molecule has 4 rings (SSSR count). The van der Waals surface area contributed by atoms with Crippen LogP contribution in [0.15, 0.2) is 18.3 Å². The van der Waals surface area contributed by atoms with Crippen molar-refractivity contribution in [1.29, 1.82) is 0 Å². The summed E-state index contributed by atoms with van der Waals surface area (Å²) in [6.07, 6.45) is 13.2. The van der Waals surface area contributed by atoms with Gasteiger partial charge in [-0.2, -0.15) is 0 Å². The summed E-state index contributed by atoms with van der Waals surface area (Å²) in [5.41, 5.74) is 0.404. The molecule has 3 fully saturated rings. The highest BCUT2D eigenvalue weighted by Gasteiger charge is 2.34. The molecule has 0 atom stereocenters. The largest absolute Gasteiger partial charge is 0.340 e. The van der Waals surface area contributed by atoms with Crippen molar-refractivity contribution in [2.45, 2.75) is 76.2 Å². The summed E-state index contributed by atoms with van der Waals surface area (Å²) in [6.45, 7) is 0. The molecule has 0 aromatic carbocycles. The van der Waals surface area contributed by atoms with Crippen LogP contribution in [-0.2, 0) is 9.59 Å². The Balaban J connectivity index is 1.43. The fraction of sp³-hybridized carbons (Fsp3) is 0.609. The molecule has 0 unspecified atom stereocenters. The minimum absolute atomic E-state index is 0.0575. The first kappa shape index (κ1) is 19.0. The number of carbonyl (C=O) groups excluding carboxylic acids is 2. The van der Waals surface area contributed by atoms with Crippen molar-refractivity contribution in [1.82, 2.24) is 10.3 Å². The second-order valence-electron chi connectivity index (χ2n) is 8.56. The second-order valence-corrected chi connectivity index (χ2v) is 8.56. The lowest BCUT2D eigenvalue weighted by molar-refractivity contribution is -0.126. The Kier molecular flexibility index (Phi) is 5.66. The molecule has 3 aliphatic carbocycles. The molecule has 0 radical (unpaired) electrons. The maximum atomic E-state index is 12.7. The molecule has 1 aromatic rings. The maximum Gasteiger partial charge on any atom is 0.228 e. The highest BCUT2D eigenvalue weighted by Crippen LogP contribution is 2.31. The van der Waals surface area contributed by atoms with E-state index < -0.39 is 5.54 Å². The van der Waals surface area contributed by atoms with Crippen LogP contribution in [0.1, 0.15) is 76.2 Å². The van der Waals surface area contributed by atoms with Gasteiger partial charge in [-0.25, -0.2) is 4.98 Å². The van der Waals surface area contributed by atoms with Gasteiger partial charge < -0.3 is 10.6 Å². The van der Waals surface area contributed by atoms with Crippen LogP contribution in [0.2, 0.25) is 0 Å². The molecule has 28 heavy (non-hydrogen) atoms. The zero-order chi connectivity index (χ0) is 19.4. The van der Waals surface area contributed by atoms with Crippen LogP contribution in [0.3, 0.4) is 0 Å². The topological polar surface area (TPSA) is 71.1 Å². The molecule has 3 saturated carbocycles. The van der Waals surface area contributed by atoms with E-state index in [0.717, 1.165) is 69.8 Å². The van der Waals surface area contributed by atoms with Gasteiger partial charge >= 0.3 is 0 Å². The Morgan fingerprint density at radius 3 is 2.29 bits per heavy atom. The van der Waals surface area contributed by atoms with E-state index in [1.165, 1.54) is 6.42 Å². The predicted molar refractivity (Wildman–Crippen MR) is 108 cm³/mol. The second kappa shape index (κ2) is 8.34. The molecule has 148 valence electrons. The fourth-order valence-corrected chi connectivity index (χ4v) is 4.27. The normalized spacial score (nSPS) is 21.4. The van der Waals surface area contributed by atoms with E-state index in [2.05, 4.69) is 27.5 Å². The number of hydrogen-bond donors (Lipinski definition) is 2. The number of rotatable bonds is 4. The van der Waals surface area contributed by atoms with Gasteiger partial charge in [0.05, 0.1) is 0 Å². The van der Waals surface area contributed by atoms with Crippen molar-refractivity contribution in [3.8, 4) is 11.8 Å². The van der Waals surface area contributed by atoms with Gasteiger partial charge in [-0.05, 0) is 50.7 Å². The summed E-state index contributed by atoms with van der Waals surface area (Å²) >= 11 is 0. The minimum atomic E-state index is -0.406. The number of nitrogens with one attached hydrogen (secondary N) is 2. The maximum absolute atomic E-state index is 12.7. The van der Waals surface area contributed by atoms with Gasteiger partial charge in [-0.15, -0.1) is 0 Å².